The van der Waals surface area contributed by atoms with Crippen LogP contribution in [-0.4, -0.2) is 441 Å². The average Bonchev–Trinajstić information content (AvgIpc) is 0.789. The fourth-order valence-electron chi connectivity index (χ4n) is 13.6. The lowest BCUT2D eigenvalue weighted by molar-refractivity contribution is 0.0570. The lowest BCUT2D eigenvalue weighted by atomic mass is 9.83. The number of piperazine rings is 1. The van der Waals surface area contributed by atoms with Gasteiger partial charge in [0.15, 0.2) is 115 Å². The van der Waals surface area contributed by atoms with Crippen LogP contribution in [0, 0.1) is 11.8 Å². The highest BCUT2D eigenvalue weighted by molar-refractivity contribution is 14.2. The van der Waals surface area contributed by atoms with E-state index < -0.39 is 0 Å². The van der Waals surface area contributed by atoms with Crippen molar-refractivity contribution < 1.29 is 4.74 Å². The minimum absolute atomic E-state index is 0.0144. The number of morpholine rings is 1. The Morgan fingerprint density at radius 2 is 0.775 bits per heavy atom. The maximum Gasteiger partial charge on any atom is 0.166 e. The van der Waals surface area contributed by atoms with Crippen molar-refractivity contribution in [2.45, 2.75) is 416 Å². The Balaban J connectivity index is -0.000000144. The minimum atomic E-state index is -0.0368. The fraction of sp³-hybridized carbons (Fsp3) is 1.00. The number of halogens is 16. The summed E-state index contributed by atoms with van der Waals surface area (Å²) >= 11 is 42.8. The Hall–Kier alpha value is 14.8. The van der Waals surface area contributed by atoms with E-state index in [1.807, 2.05) is 0 Å². The van der Waals surface area contributed by atoms with Crippen molar-refractivity contribution in [3.05, 3.63) is 0 Å². The normalized spacial score (nSPS) is 18.7. The Morgan fingerprint density at radius 1 is 0.387 bits per heavy atom. The van der Waals surface area contributed by atoms with E-state index >= 15 is 0 Å². The van der Waals surface area contributed by atoms with E-state index in [0.29, 0.717) is 28.2 Å². The van der Waals surface area contributed by atoms with Gasteiger partial charge in [-0.15, -0.1) is 349 Å². The van der Waals surface area contributed by atoms with Crippen LogP contribution in [0.2, 0.25) is 0 Å². The van der Waals surface area contributed by atoms with Gasteiger partial charge in [0.2, 0.25) is 0 Å². The van der Waals surface area contributed by atoms with E-state index in [4.69, 9.17) is 4.74 Å². The molecule has 4 unspecified atom stereocenters. The molecule has 142 heavy (non-hydrogen) atoms. The third-order valence-corrected chi connectivity index (χ3v) is 90.4. The molecular formula is C91H237I16N17OSSi16. The van der Waals surface area contributed by atoms with Crippen LogP contribution in [0.5, 0.6) is 0 Å². The maximum absolute atomic E-state index is 5.18. The zero-order chi connectivity index (χ0) is 113. The zero-order valence-electron chi connectivity index (χ0n) is 100. The van der Waals surface area contributed by atoms with Crippen LogP contribution in [0.25, 0.3) is 0 Å². The Bertz CT molecular complexity index is 2410. The Morgan fingerprint density at radius 3 is 0.951 bits per heavy atom. The molecule has 5 aliphatic heterocycles. The summed E-state index contributed by atoms with van der Waals surface area (Å²) in [6, 6.07) is 7.08. The molecule has 0 saturated carbocycles. The number of unbranched alkanes of at least 4 members (excludes halogenated alkanes) is 2. The third kappa shape index (κ3) is 117. The van der Waals surface area contributed by atoms with Gasteiger partial charge in [-0.1, -0.05) is 199 Å². The molecule has 0 bridgehead atoms. The number of hydrogen-bond donors (Lipinski definition) is 0. The van der Waals surface area contributed by atoms with Crippen molar-refractivity contribution in [3.8, 4) is 0 Å². The first-order chi connectivity index (χ1) is 66.2. The van der Waals surface area contributed by atoms with Crippen LogP contribution in [0.15, 0.2) is 0 Å². The van der Waals surface area contributed by atoms with E-state index in [-0.39, 0.29) is 115 Å². The third-order valence-electron chi connectivity index (χ3n) is 24.7. The summed E-state index contributed by atoms with van der Waals surface area (Å²) in [5, 5.41) is 0. The van der Waals surface area contributed by atoms with Crippen molar-refractivity contribution >= 4 is 475 Å². The van der Waals surface area contributed by atoms with Crippen LogP contribution >= 0.6 is 361 Å². The van der Waals surface area contributed by atoms with Crippen molar-refractivity contribution in [2.24, 2.45) is 11.8 Å². The largest absolute Gasteiger partial charge is 0.379 e. The van der Waals surface area contributed by atoms with Crippen molar-refractivity contribution in [1.82, 2.24) is 77.9 Å². The molecular weight excluding hydrogens is 3860 g/mol. The molecule has 18 nitrogen and oxygen atoms in total. The molecule has 5 rings (SSSR count). The zero-order valence-corrected chi connectivity index (χ0v) is 158. The SMILES string of the molecule is CC(C)CN(CC(C)C)[SiH2]I.CC(C)N(C)[SiH2]I.CC(C)N([SiH2]I)C(C)(C)C.CC(C)N([SiH2]I)C(C)C.CC1(C)CCCC(C)(C)N1[SiH2]I.CC1CCCC(C)N1[SiH2]I.CCC(C)N([SiH2]I)C(C)CC.CCCCN(CCCC)[SiH2]I.CCCN(CCC)[SiH2]I.CCN(C)[SiH2]I.CCN([SiH2]I)C(C)C.CN(C)[SiH2]I.CN([SiH2]I)C(C)(C)C.CN1CCN([SiH2]I)CC1.I[SiH2]N1CCOCC1.I[SiH2]N1CCSCC1. The molecule has 0 amide bonds. The molecule has 0 N–H and O–H groups in total. The van der Waals surface area contributed by atoms with E-state index in [1.54, 1.807) is 0 Å². The number of nitrogens with zero attached hydrogens (tertiary/aromatic N) is 17. The van der Waals surface area contributed by atoms with Gasteiger partial charge in [0.1, 0.15) is 0 Å². The van der Waals surface area contributed by atoms with Gasteiger partial charge in [0.05, 0.1) is 13.2 Å². The summed E-state index contributed by atoms with van der Waals surface area (Å²) in [6.07, 6.45) is 19.2. The van der Waals surface area contributed by atoms with E-state index in [2.05, 4.69) is 730 Å². The molecule has 0 aromatic heterocycles. The van der Waals surface area contributed by atoms with Crippen LogP contribution < -0.4 is 0 Å². The summed E-state index contributed by atoms with van der Waals surface area (Å²) in [6.45, 7) is 105. The molecule has 5 saturated heterocycles. The van der Waals surface area contributed by atoms with Gasteiger partial charge < -0.3 is 82.7 Å². The number of ether oxygens (including phenoxy) is 1. The predicted molar refractivity (Wildman–Crippen MR) is 855 cm³/mol. The van der Waals surface area contributed by atoms with Gasteiger partial charge in [-0.3, -0.25) is 0 Å². The van der Waals surface area contributed by atoms with Crippen LogP contribution in [0.1, 0.15) is 339 Å². The molecule has 5 fully saturated rings. The fourth-order valence-corrected chi connectivity index (χ4v) is 71.0. The van der Waals surface area contributed by atoms with E-state index in [0.717, 1.165) is 73.4 Å². The molecule has 0 aliphatic carbocycles. The molecule has 0 aromatic carbocycles. The lowest BCUT2D eigenvalue weighted by Gasteiger charge is -2.52. The summed E-state index contributed by atoms with van der Waals surface area (Å²) in [4.78, 5) is 2.40. The second-order valence-electron chi connectivity index (χ2n) is 43.0. The molecule has 874 valence electrons. The molecule has 5 heterocycles. The number of piperidine rings is 2. The van der Waals surface area contributed by atoms with Crippen LogP contribution in [0.4, 0.5) is 0 Å². The quantitative estimate of drug-likeness (QED) is 0.0331. The molecule has 0 aromatic rings. The van der Waals surface area contributed by atoms with Crippen molar-refractivity contribution in [2.75, 3.05) is 172 Å². The van der Waals surface area contributed by atoms with Gasteiger partial charge in [0.25, 0.3) is 0 Å². The second kappa shape index (κ2) is 122. The Labute approximate surface area is 1140 Å². The second-order valence-corrected chi connectivity index (χ2v) is 94.8. The molecule has 5 aliphatic rings. The van der Waals surface area contributed by atoms with E-state index in [9.17, 15) is 0 Å². The predicted octanol–water partition coefficient (Wildman–Crippen LogP) is 19.1. The smallest absolute Gasteiger partial charge is 0.166 e. The number of thioether (sulfide) groups is 1. The number of hydrogen-bond acceptors (Lipinski definition) is 19. The highest BCUT2D eigenvalue weighted by Crippen LogP contribution is 2.38. The summed E-state index contributed by atoms with van der Waals surface area (Å²) in [7, 11) is 14.2. The van der Waals surface area contributed by atoms with E-state index in [1.165, 1.54) is 206 Å². The lowest BCUT2D eigenvalue weighted by Crippen LogP contribution is -2.58. The van der Waals surface area contributed by atoms with Gasteiger partial charge in [-0.05, 0) is 277 Å². The summed E-state index contributed by atoms with van der Waals surface area (Å²) in [5.74, 6) is 4.40. The molecule has 4 atom stereocenters. The van der Waals surface area contributed by atoms with Crippen molar-refractivity contribution in [1.29, 1.82) is 0 Å². The topological polar surface area (TPSA) is 64.3 Å². The van der Waals surface area contributed by atoms with Gasteiger partial charge in [0, 0.05) is 110 Å². The van der Waals surface area contributed by atoms with Crippen molar-refractivity contribution in [3.63, 3.8) is 0 Å². The Kier molecular flexibility index (Phi) is 154. The first-order valence-corrected chi connectivity index (χ1v) is 147. The number of likely N-dealkylation sites (N-methyl/N-ethyl adjacent to an activating group) is 1. The first kappa shape index (κ1) is 179. The first-order valence-electron chi connectivity index (χ1n) is 53.7. The minimum Gasteiger partial charge on any atom is -0.379 e. The monoisotopic (exact) mass is 4090 g/mol. The highest BCUT2D eigenvalue weighted by atomic mass is 127. The van der Waals surface area contributed by atoms with Crippen LogP contribution in [0.3, 0.4) is 0 Å². The molecule has 0 radical (unpaired) electrons. The van der Waals surface area contributed by atoms with Gasteiger partial charge in [-0.2, -0.15) is 11.8 Å². The summed E-state index contributed by atoms with van der Waals surface area (Å²) < 4.78 is 46.3. The standard InChI is InChI=1S/C9H20INSi.3C8H20INSi.C7H16INSi.C7H18INSi.2C6H16INSi.C5H13IN2Si.2C5H14INSi.C4H10INOSi.C4H10INSSi.C4H12INSi.C3H10INSi.C2H8INSi/c1-8(2)6-5-7-9(3,4)11(8)12-10;1-7(2)5-10(11-9)6-8(3)4;1-5-7(3)10(11-9)8(4)6-2;1-3-5-7-10(11-9)8-6-4-2;1-6-4-3-5-7(2)9(6)10-8;1-6(2)9(10-8)7(3,4)5;1-5(2)8(9-7)6(3)4;1-3-5-8(9-7)6-4-2;1-7-2-4-8(9-6)5-3-7;1-5(2,3)7(4)8-6;1-4-7(8-6)5(2)3;2*5-8-6-1-3-7-4-2-6;1-4(2)6(3)7-5;1-3-5(2)6-4;1-4(2)5-3/h5-7,12H2,1-4H3;2*7-8H,5-6,11H2,1-4H3;3-8,11H2,1-2H3;6-7H,3-5,10H2,1-2H3;6H,10H2,1-5H3;5-6H,9H2,1-4H3;3-6,9H2,1-2H3;2-5,9H2,1H3;8H2,1-4H3;5H,4,8H2,1-3H3;2*1-4,8H2;4H,7H2,1-3H3;3,6H2,1-2H3;5H2,1-2H3. The highest BCUT2D eigenvalue weighted by Gasteiger charge is 2.40. The maximum atomic E-state index is 5.18. The summed E-state index contributed by atoms with van der Waals surface area (Å²) in [5.41, 5.74) is 1.71. The molecule has 0 spiro atoms. The van der Waals surface area contributed by atoms with Gasteiger partial charge in [-0.25, -0.2) is 0 Å². The molecule has 51 heteroatoms. The number of rotatable bonds is 41. The van der Waals surface area contributed by atoms with Crippen LogP contribution in [-0.2, 0) is 4.74 Å². The average molecular weight is 4100 g/mol. The van der Waals surface area contributed by atoms with Gasteiger partial charge >= 0.3 is 0 Å².